The van der Waals surface area contributed by atoms with Crippen molar-refractivity contribution < 1.29 is 9.18 Å². The molecule has 1 aromatic carbocycles. The quantitative estimate of drug-likeness (QED) is 0.714. The summed E-state index contributed by atoms with van der Waals surface area (Å²) in [6.07, 6.45) is 9.95. The Balaban J connectivity index is 1.15. The highest BCUT2D eigenvalue weighted by Crippen LogP contribution is 2.75. The number of anilines is 1. The van der Waals surface area contributed by atoms with Crippen molar-refractivity contribution in [3.63, 3.8) is 0 Å². The maximum absolute atomic E-state index is 14.2. The van der Waals surface area contributed by atoms with Crippen molar-refractivity contribution in [3.05, 3.63) is 41.7 Å². The van der Waals surface area contributed by atoms with Crippen LogP contribution in [0.1, 0.15) is 31.2 Å². The van der Waals surface area contributed by atoms with Gasteiger partial charge in [0.1, 0.15) is 5.82 Å². The van der Waals surface area contributed by atoms with E-state index in [4.69, 9.17) is 0 Å². The van der Waals surface area contributed by atoms with Gasteiger partial charge in [0, 0.05) is 38.3 Å². The molecule has 2 spiro atoms. The van der Waals surface area contributed by atoms with Crippen LogP contribution in [0.15, 0.2) is 30.4 Å². The van der Waals surface area contributed by atoms with E-state index in [9.17, 15) is 9.18 Å². The van der Waals surface area contributed by atoms with Crippen molar-refractivity contribution >= 4 is 11.6 Å². The summed E-state index contributed by atoms with van der Waals surface area (Å²) in [4.78, 5) is 18.9. The fraction of sp³-hybridized carbons (Fsp3) is 0.640. The Bertz CT molecular complexity index is 919. The molecule has 5 heteroatoms. The van der Waals surface area contributed by atoms with Crippen molar-refractivity contribution in [2.24, 2.45) is 23.2 Å². The Hall–Kier alpha value is -1.88. The number of likely N-dealkylation sites (N-methyl/N-ethyl adjacent to an activating group) is 1. The number of rotatable bonds is 4. The molecule has 5 aliphatic rings. The van der Waals surface area contributed by atoms with E-state index in [0.29, 0.717) is 12.0 Å². The minimum Gasteiger partial charge on any atom is -0.361 e. The van der Waals surface area contributed by atoms with Crippen molar-refractivity contribution in [1.29, 1.82) is 0 Å². The predicted octanol–water partition coefficient (Wildman–Crippen LogP) is 3.28. The molecule has 1 aromatic rings. The second kappa shape index (κ2) is 6.32. The number of nitrogens with zero attached hydrogens (tertiary/aromatic N) is 3. The number of likely N-dealkylation sites (tertiary alicyclic amines) is 1. The number of amides is 1. The summed E-state index contributed by atoms with van der Waals surface area (Å²) in [7, 11) is 3.60. The maximum atomic E-state index is 14.2. The van der Waals surface area contributed by atoms with Gasteiger partial charge in [0.25, 0.3) is 0 Å². The zero-order valence-electron chi connectivity index (χ0n) is 18.1. The second-order valence-corrected chi connectivity index (χ2v) is 10.8. The summed E-state index contributed by atoms with van der Waals surface area (Å²) >= 11 is 0. The van der Waals surface area contributed by atoms with Crippen LogP contribution in [-0.2, 0) is 10.2 Å². The highest BCUT2D eigenvalue weighted by atomic mass is 19.1. The lowest BCUT2D eigenvalue weighted by atomic mass is 9.62. The fourth-order valence-electron chi connectivity index (χ4n) is 7.18. The standard InChI is InChI=1S/C25H32FN3O/c1-27(2)23(30)15-29-16-24(21-11-19(26)4-6-22(21)29)7-9-28(10-8-24)14-17-12-25-13-18(25)3-5-20(17)25/h3-6,11,17-18,20H,7-10,12-16H2,1-2H3/t17-,18+,20-,25?/m1/s1. The summed E-state index contributed by atoms with van der Waals surface area (Å²) in [5.74, 6) is 2.52. The van der Waals surface area contributed by atoms with Crippen LogP contribution in [0.2, 0.25) is 0 Å². The topological polar surface area (TPSA) is 26.8 Å². The van der Waals surface area contributed by atoms with Crippen LogP contribution in [0.25, 0.3) is 0 Å². The number of allylic oxidation sites excluding steroid dienone is 2. The molecular weight excluding hydrogens is 377 g/mol. The SMILES string of the molecule is CN(C)C(=O)CN1CC2(CCN(C[C@H]3CC45C[C@@H]4C=C[C@H]35)CC2)c2cc(F)ccc21. The average Bonchev–Trinajstić information content (AvgIpc) is 3.28. The third-order valence-corrected chi connectivity index (χ3v) is 9.04. The Morgan fingerprint density at radius 1 is 1.20 bits per heavy atom. The highest BCUT2D eigenvalue weighted by molar-refractivity contribution is 5.82. The molecule has 1 unspecified atom stereocenters. The highest BCUT2D eigenvalue weighted by Gasteiger charge is 2.68. The van der Waals surface area contributed by atoms with Gasteiger partial charge in [-0.05, 0) is 85.7 Å². The molecule has 0 bridgehead atoms. The zero-order chi connectivity index (χ0) is 20.7. The van der Waals surface area contributed by atoms with Gasteiger partial charge in [-0.25, -0.2) is 4.39 Å². The minimum atomic E-state index is -0.164. The number of hydrogen-bond acceptors (Lipinski definition) is 3. The first kappa shape index (κ1) is 18.9. The Morgan fingerprint density at radius 3 is 2.70 bits per heavy atom. The van der Waals surface area contributed by atoms with Crippen LogP contribution >= 0.6 is 0 Å². The minimum absolute atomic E-state index is 0.0176. The van der Waals surface area contributed by atoms with E-state index in [1.54, 1.807) is 25.1 Å². The number of hydrogen-bond donors (Lipinski definition) is 0. The van der Waals surface area contributed by atoms with E-state index in [0.717, 1.165) is 61.5 Å². The molecule has 30 heavy (non-hydrogen) atoms. The molecule has 0 radical (unpaired) electrons. The molecular formula is C25H32FN3O. The fourth-order valence-corrected chi connectivity index (χ4v) is 7.18. The molecule has 1 saturated heterocycles. The lowest BCUT2D eigenvalue weighted by Gasteiger charge is -2.47. The normalized spacial score (nSPS) is 35.0. The maximum Gasteiger partial charge on any atom is 0.241 e. The number of halogens is 1. The van der Waals surface area contributed by atoms with E-state index in [2.05, 4.69) is 22.0 Å². The van der Waals surface area contributed by atoms with Crippen LogP contribution < -0.4 is 4.90 Å². The number of carbonyl (C=O) groups is 1. The zero-order valence-corrected chi connectivity index (χ0v) is 18.1. The summed E-state index contributed by atoms with van der Waals surface area (Å²) in [6.45, 7) is 4.58. The molecule has 4 atom stereocenters. The largest absolute Gasteiger partial charge is 0.361 e. The monoisotopic (exact) mass is 409 g/mol. The molecule has 160 valence electrons. The number of fused-ring (bicyclic) bond motifs is 2. The summed E-state index contributed by atoms with van der Waals surface area (Å²) in [5.41, 5.74) is 2.85. The van der Waals surface area contributed by atoms with Crippen molar-refractivity contribution in [3.8, 4) is 0 Å². The van der Waals surface area contributed by atoms with Crippen LogP contribution in [0.4, 0.5) is 10.1 Å². The lowest BCUT2D eigenvalue weighted by molar-refractivity contribution is -0.127. The number of carbonyl (C=O) groups excluding carboxylic acids is 1. The Labute approximate surface area is 178 Å². The lowest BCUT2D eigenvalue weighted by Crippen LogP contribution is -2.50. The van der Waals surface area contributed by atoms with Gasteiger partial charge in [-0.2, -0.15) is 0 Å². The van der Waals surface area contributed by atoms with Crippen LogP contribution in [-0.4, -0.2) is 62.5 Å². The molecule has 2 saturated carbocycles. The smallest absolute Gasteiger partial charge is 0.241 e. The van der Waals surface area contributed by atoms with Gasteiger partial charge in [-0.1, -0.05) is 12.2 Å². The Morgan fingerprint density at radius 2 is 2.00 bits per heavy atom. The van der Waals surface area contributed by atoms with Crippen molar-refractivity contribution in [2.45, 2.75) is 31.1 Å². The molecule has 1 amide bonds. The Kier molecular flexibility index (Phi) is 3.97. The molecule has 4 nitrogen and oxygen atoms in total. The molecule has 6 rings (SSSR count). The summed E-state index contributed by atoms with van der Waals surface area (Å²) in [6, 6.07) is 5.14. The van der Waals surface area contributed by atoms with Crippen molar-refractivity contribution in [1.82, 2.24) is 9.80 Å². The molecule has 2 heterocycles. The van der Waals surface area contributed by atoms with Crippen molar-refractivity contribution in [2.75, 3.05) is 51.7 Å². The van der Waals surface area contributed by atoms with E-state index >= 15 is 0 Å². The summed E-state index contributed by atoms with van der Waals surface area (Å²) < 4.78 is 14.2. The predicted molar refractivity (Wildman–Crippen MR) is 116 cm³/mol. The number of piperidine rings is 1. The van der Waals surface area contributed by atoms with Gasteiger partial charge in [0.05, 0.1) is 6.54 Å². The molecule has 2 aliphatic heterocycles. The van der Waals surface area contributed by atoms with E-state index in [1.165, 1.54) is 25.5 Å². The van der Waals surface area contributed by atoms with Gasteiger partial charge in [-0.15, -0.1) is 0 Å². The van der Waals surface area contributed by atoms with Gasteiger partial charge in [0.2, 0.25) is 5.91 Å². The average molecular weight is 410 g/mol. The molecule has 0 N–H and O–H groups in total. The van der Waals surface area contributed by atoms with Crippen LogP contribution in [0, 0.1) is 29.0 Å². The third-order valence-electron chi connectivity index (χ3n) is 9.04. The molecule has 0 aromatic heterocycles. The van der Waals surface area contributed by atoms with E-state index < -0.39 is 0 Å². The van der Waals surface area contributed by atoms with Gasteiger partial charge < -0.3 is 14.7 Å². The van der Waals surface area contributed by atoms with E-state index in [1.807, 2.05) is 6.07 Å². The van der Waals surface area contributed by atoms with Gasteiger partial charge in [-0.3, -0.25) is 4.79 Å². The first-order valence-corrected chi connectivity index (χ1v) is 11.6. The third kappa shape index (κ3) is 2.63. The first-order chi connectivity index (χ1) is 14.4. The van der Waals surface area contributed by atoms with Gasteiger partial charge >= 0.3 is 0 Å². The summed E-state index contributed by atoms with van der Waals surface area (Å²) in [5, 5.41) is 0. The van der Waals surface area contributed by atoms with Crippen LogP contribution in [0.3, 0.4) is 0 Å². The first-order valence-electron chi connectivity index (χ1n) is 11.6. The van der Waals surface area contributed by atoms with Gasteiger partial charge in [0.15, 0.2) is 0 Å². The van der Waals surface area contributed by atoms with Crippen LogP contribution in [0.5, 0.6) is 0 Å². The number of benzene rings is 1. The van der Waals surface area contributed by atoms with E-state index in [-0.39, 0.29) is 17.1 Å². The molecule has 3 fully saturated rings. The second-order valence-electron chi connectivity index (χ2n) is 10.8. The molecule has 3 aliphatic carbocycles.